The number of hydrogen-bond acceptors (Lipinski definition) is 9. The van der Waals surface area contributed by atoms with Crippen molar-refractivity contribution in [1.82, 2.24) is 30.4 Å². The number of nitrogens with one attached hydrogen (secondary N) is 1. The van der Waals surface area contributed by atoms with Crippen molar-refractivity contribution in [3.05, 3.63) is 11.3 Å². The molecule has 0 spiro atoms. The molecule has 1 aromatic rings. The van der Waals surface area contributed by atoms with Gasteiger partial charge in [-0.25, -0.2) is 9.48 Å². The molecule has 0 aliphatic carbocycles. The van der Waals surface area contributed by atoms with E-state index in [0.717, 1.165) is 0 Å². The second kappa shape index (κ2) is 8.61. The Morgan fingerprint density at radius 3 is 2.79 bits per heavy atom. The molecular formula is C14H15BrN6O5S2. The normalized spacial score (nSPS) is 21.2. The number of carboxylic acids is 1. The topological polar surface area (TPSA) is 147 Å². The van der Waals surface area contributed by atoms with Crippen LogP contribution in [0.5, 0.6) is 0 Å². The molecule has 0 bridgehead atoms. The molecule has 11 nitrogen and oxygen atoms in total. The molecule has 3 rings (SSSR count). The lowest BCUT2D eigenvalue weighted by Gasteiger charge is -2.49. The number of aliphatic carboxylic acids is 1. The molecule has 0 aromatic carbocycles. The van der Waals surface area contributed by atoms with Crippen molar-refractivity contribution in [3.63, 3.8) is 0 Å². The molecule has 28 heavy (non-hydrogen) atoms. The number of aromatic nitrogens is 4. The Labute approximate surface area is 175 Å². The van der Waals surface area contributed by atoms with E-state index in [1.165, 1.54) is 33.1 Å². The van der Waals surface area contributed by atoms with E-state index in [9.17, 15) is 24.3 Å². The first-order valence-corrected chi connectivity index (χ1v) is 11.1. The van der Waals surface area contributed by atoms with Crippen LogP contribution in [-0.4, -0.2) is 82.0 Å². The number of halogens is 1. The largest absolute Gasteiger partial charge is 0.477 e. The number of tetrazole rings is 1. The fourth-order valence-electron chi connectivity index (χ4n) is 2.74. The standard InChI is InChI=1S/C14H15BrN6O5S2/c1-20-14(17-18-19-20)28-5-6-4-27-12-9(16-8(23)2-7(22)3-15)11(24)21(12)10(6)13(25)26/h9,12H,2-5H2,1H3,(H,16,23)(H,25,26)/t9?,12-/m1/s1. The number of hydrogen-bond donors (Lipinski definition) is 2. The van der Waals surface area contributed by atoms with Gasteiger partial charge in [-0.05, 0) is 16.0 Å². The highest BCUT2D eigenvalue weighted by Crippen LogP contribution is 2.41. The smallest absolute Gasteiger partial charge is 0.352 e. The number of amides is 2. The van der Waals surface area contributed by atoms with Crippen LogP contribution >= 0.6 is 39.5 Å². The predicted molar refractivity (Wildman–Crippen MR) is 103 cm³/mol. The highest BCUT2D eigenvalue weighted by molar-refractivity contribution is 9.09. The summed E-state index contributed by atoms with van der Waals surface area (Å²) in [5.41, 5.74) is 0.507. The molecule has 3 heterocycles. The zero-order valence-electron chi connectivity index (χ0n) is 14.5. The fraction of sp³-hybridized carbons (Fsp3) is 0.500. The summed E-state index contributed by atoms with van der Waals surface area (Å²) in [6.07, 6.45) is -0.332. The highest BCUT2D eigenvalue weighted by atomic mass is 79.9. The minimum atomic E-state index is -1.20. The van der Waals surface area contributed by atoms with Crippen LogP contribution in [0.4, 0.5) is 0 Å². The zero-order valence-corrected chi connectivity index (χ0v) is 17.7. The van der Waals surface area contributed by atoms with E-state index in [1.54, 1.807) is 7.05 Å². The summed E-state index contributed by atoms with van der Waals surface area (Å²) < 4.78 is 1.47. The first-order chi connectivity index (χ1) is 13.3. The molecule has 1 saturated heterocycles. The van der Waals surface area contributed by atoms with E-state index >= 15 is 0 Å². The summed E-state index contributed by atoms with van der Waals surface area (Å²) in [4.78, 5) is 48.7. The molecular weight excluding hydrogens is 476 g/mol. The number of carbonyl (C=O) groups excluding carboxylic acids is 3. The number of alkyl halides is 1. The van der Waals surface area contributed by atoms with Gasteiger partial charge in [0.25, 0.3) is 5.91 Å². The van der Waals surface area contributed by atoms with Crippen LogP contribution < -0.4 is 5.32 Å². The Balaban J connectivity index is 1.71. The second-order valence-corrected chi connectivity index (χ2v) is 8.54. The van der Waals surface area contributed by atoms with Gasteiger partial charge in [0.2, 0.25) is 11.1 Å². The van der Waals surface area contributed by atoms with Gasteiger partial charge in [-0.2, -0.15) is 0 Å². The van der Waals surface area contributed by atoms with Crippen LogP contribution in [0.1, 0.15) is 6.42 Å². The Kier molecular flexibility index (Phi) is 6.40. The molecule has 0 radical (unpaired) electrons. The monoisotopic (exact) mass is 490 g/mol. The molecule has 2 aliphatic heterocycles. The maximum absolute atomic E-state index is 12.5. The summed E-state index contributed by atoms with van der Waals surface area (Å²) in [6.45, 7) is 0. The van der Waals surface area contributed by atoms with E-state index in [-0.39, 0.29) is 23.2 Å². The van der Waals surface area contributed by atoms with E-state index < -0.39 is 29.2 Å². The average Bonchev–Trinajstić information content (AvgIpc) is 3.08. The number of Topliss-reactive ketones (excluding diaryl/α,β-unsaturated/α-hetero) is 1. The Bertz CT molecular complexity index is 874. The third-order valence-corrected chi connectivity index (χ3v) is 7.09. The maximum Gasteiger partial charge on any atom is 0.352 e. The van der Waals surface area contributed by atoms with Crippen molar-refractivity contribution in [2.45, 2.75) is 23.0 Å². The minimum Gasteiger partial charge on any atom is -0.477 e. The first kappa shape index (κ1) is 20.8. The summed E-state index contributed by atoms with van der Waals surface area (Å²) >= 11 is 5.61. The number of fused-ring (bicyclic) bond motifs is 1. The lowest BCUT2D eigenvalue weighted by molar-refractivity contribution is -0.150. The molecule has 2 aliphatic rings. The van der Waals surface area contributed by atoms with Crippen molar-refractivity contribution < 1.29 is 24.3 Å². The van der Waals surface area contributed by atoms with Crippen molar-refractivity contribution in [1.29, 1.82) is 0 Å². The lowest BCUT2D eigenvalue weighted by atomic mass is 10.0. The van der Waals surface area contributed by atoms with Gasteiger partial charge in [-0.3, -0.25) is 19.3 Å². The average molecular weight is 491 g/mol. The van der Waals surface area contributed by atoms with Crippen molar-refractivity contribution >= 4 is 63.0 Å². The number of ketones is 1. The van der Waals surface area contributed by atoms with E-state index in [4.69, 9.17) is 0 Å². The van der Waals surface area contributed by atoms with Crippen LogP contribution in [0.25, 0.3) is 0 Å². The SMILES string of the molecule is Cn1nnnc1SCC1=C(C(=O)O)N2C(=O)C(NC(=O)CC(=O)CBr)[C@H]2SC1. The molecule has 2 N–H and O–H groups in total. The fourth-order valence-corrected chi connectivity index (χ4v) is 5.27. The molecule has 150 valence electrons. The molecule has 1 fully saturated rings. The third kappa shape index (κ3) is 4.07. The Morgan fingerprint density at radius 2 is 2.18 bits per heavy atom. The van der Waals surface area contributed by atoms with Crippen LogP contribution in [0.15, 0.2) is 16.4 Å². The van der Waals surface area contributed by atoms with E-state index in [1.807, 2.05) is 0 Å². The molecule has 1 unspecified atom stereocenters. The van der Waals surface area contributed by atoms with Gasteiger partial charge in [-0.1, -0.05) is 27.7 Å². The van der Waals surface area contributed by atoms with Crippen molar-refractivity contribution in [2.24, 2.45) is 7.05 Å². The van der Waals surface area contributed by atoms with Crippen LogP contribution in [-0.2, 0) is 26.2 Å². The summed E-state index contributed by atoms with van der Waals surface area (Å²) in [6, 6.07) is -0.841. The number of thioether (sulfide) groups is 2. The molecule has 14 heteroatoms. The van der Waals surface area contributed by atoms with Crippen molar-refractivity contribution in [2.75, 3.05) is 16.8 Å². The van der Waals surface area contributed by atoms with Gasteiger partial charge in [-0.15, -0.1) is 16.9 Å². The Hall–Kier alpha value is -1.93. The number of aryl methyl sites for hydroxylation is 1. The summed E-state index contributed by atoms with van der Waals surface area (Å²) in [5, 5.41) is 23.3. The number of β-lactam (4-membered cyclic amide) rings is 1. The zero-order chi connectivity index (χ0) is 20.4. The number of carbonyl (C=O) groups is 4. The molecule has 2 amide bonds. The van der Waals surface area contributed by atoms with Crippen LogP contribution in [0, 0.1) is 0 Å². The van der Waals surface area contributed by atoms with Crippen LogP contribution in [0.2, 0.25) is 0 Å². The first-order valence-electron chi connectivity index (χ1n) is 7.95. The van der Waals surface area contributed by atoms with Gasteiger partial charge in [0.1, 0.15) is 17.1 Å². The van der Waals surface area contributed by atoms with Crippen molar-refractivity contribution in [3.8, 4) is 0 Å². The van der Waals surface area contributed by atoms with Gasteiger partial charge in [0.15, 0.2) is 5.78 Å². The molecule has 2 atom stereocenters. The quantitative estimate of drug-likeness (QED) is 0.209. The lowest BCUT2D eigenvalue weighted by Crippen LogP contribution is -2.70. The Morgan fingerprint density at radius 1 is 1.43 bits per heavy atom. The second-order valence-electron chi connectivity index (χ2n) is 5.94. The van der Waals surface area contributed by atoms with Gasteiger partial charge in [0, 0.05) is 18.6 Å². The minimum absolute atomic E-state index is 0.0529. The molecule has 1 aromatic heterocycles. The number of nitrogens with zero attached hydrogens (tertiary/aromatic N) is 5. The van der Waals surface area contributed by atoms with Gasteiger partial charge in [0.05, 0.1) is 11.8 Å². The molecule has 0 saturated carbocycles. The van der Waals surface area contributed by atoms with Crippen LogP contribution in [0.3, 0.4) is 0 Å². The van der Waals surface area contributed by atoms with Gasteiger partial charge >= 0.3 is 5.97 Å². The summed E-state index contributed by atoms with van der Waals surface area (Å²) in [5.74, 6) is -1.86. The van der Waals surface area contributed by atoms with E-state index in [0.29, 0.717) is 22.2 Å². The highest BCUT2D eigenvalue weighted by Gasteiger charge is 2.54. The predicted octanol–water partition coefficient (Wildman–Crippen LogP) is -0.605. The maximum atomic E-state index is 12.5. The summed E-state index contributed by atoms with van der Waals surface area (Å²) in [7, 11) is 1.67. The number of rotatable bonds is 8. The third-order valence-electron chi connectivity index (χ3n) is 4.03. The number of carboxylic acid groups (broad SMARTS) is 1. The van der Waals surface area contributed by atoms with Gasteiger partial charge < -0.3 is 10.4 Å². The van der Waals surface area contributed by atoms with E-state index in [2.05, 4.69) is 36.8 Å².